The minimum Gasteiger partial charge on any atom is -0.379 e. The van der Waals surface area contributed by atoms with E-state index < -0.39 is 0 Å². The van der Waals surface area contributed by atoms with Crippen LogP contribution in [0.5, 0.6) is 0 Å². The second kappa shape index (κ2) is 13.7. The van der Waals surface area contributed by atoms with Gasteiger partial charge in [0.25, 0.3) is 0 Å². The molecule has 0 radical (unpaired) electrons. The van der Waals surface area contributed by atoms with E-state index in [9.17, 15) is 0 Å². The highest BCUT2D eigenvalue weighted by molar-refractivity contribution is 5.79. The summed E-state index contributed by atoms with van der Waals surface area (Å²) in [6, 6.07) is 10.1. The summed E-state index contributed by atoms with van der Waals surface area (Å²) in [6.45, 7) is 8.86. The number of hydrogen-bond donors (Lipinski definition) is 3. The molecule has 0 aliphatic rings. The number of imidazole rings is 1. The smallest absolute Gasteiger partial charge is 0.191 e. The van der Waals surface area contributed by atoms with Crippen LogP contribution < -0.4 is 10.6 Å². The molecule has 7 heteroatoms. The van der Waals surface area contributed by atoms with Gasteiger partial charge in [-0.3, -0.25) is 0 Å². The van der Waals surface area contributed by atoms with Gasteiger partial charge in [0.05, 0.1) is 31.7 Å². The Morgan fingerprint density at radius 1 is 1.04 bits per heavy atom. The van der Waals surface area contributed by atoms with E-state index in [-0.39, 0.29) is 0 Å². The third-order valence-corrected chi connectivity index (χ3v) is 4.00. The molecule has 0 unspecified atom stereocenters. The van der Waals surface area contributed by atoms with Crippen LogP contribution in [-0.2, 0) is 16.0 Å². The van der Waals surface area contributed by atoms with E-state index >= 15 is 0 Å². The predicted octanol–water partition coefficient (Wildman–Crippen LogP) is 2.97. The second-order valence-electron chi connectivity index (χ2n) is 6.31. The van der Waals surface area contributed by atoms with E-state index in [1.54, 1.807) is 0 Å². The van der Waals surface area contributed by atoms with Crippen molar-refractivity contribution >= 4 is 5.96 Å². The summed E-state index contributed by atoms with van der Waals surface area (Å²) in [5, 5.41) is 6.51. The normalized spacial score (nSPS) is 11.6. The number of benzene rings is 1. The Bertz CT molecular complexity index is 672. The molecule has 2 aromatic rings. The van der Waals surface area contributed by atoms with Gasteiger partial charge in [0.1, 0.15) is 12.4 Å². The van der Waals surface area contributed by atoms with Gasteiger partial charge >= 0.3 is 0 Å². The maximum Gasteiger partial charge on any atom is 0.191 e. The quantitative estimate of drug-likeness (QED) is 0.280. The number of aromatic amines is 1. The zero-order chi connectivity index (χ0) is 19.9. The first-order valence-electron chi connectivity index (χ1n) is 10.1. The van der Waals surface area contributed by atoms with Crippen molar-refractivity contribution in [2.45, 2.75) is 33.2 Å². The molecule has 0 aliphatic carbocycles. The number of nitrogens with zero attached hydrogens (tertiary/aromatic N) is 2. The molecule has 1 aromatic heterocycles. The Kier molecular flexibility index (Phi) is 10.8. The minimum atomic E-state index is 0.480. The average Bonchev–Trinajstić information content (AvgIpc) is 3.20. The van der Waals surface area contributed by atoms with E-state index in [4.69, 9.17) is 9.47 Å². The van der Waals surface area contributed by atoms with E-state index in [1.807, 2.05) is 31.3 Å². The molecule has 154 valence electrons. The molecule has 0 amide bonds. The van der Waals surface area contributed by atoms with Crippen molar-refractivity contribution in [3.63, 3.8) is 0 Å². The Morgan fingerprint density at radius 3 is 2.57 bits per heavy atom. The van der Waals surface area contributed by atoms with Crippen LogP contribution in [0.3, 0.4) is 0 Å². The number of aromatic nitrogens is 2. The van der Waals surface area contributed by atoms with E-state index in [0.717, 1.165) is 49.0 Å². The highest BCUT2D eigenvalue weighted by atomic mass is 16.5. The molecule has 0 saturated carbocycles. The fourth-order valence-corrected chi connectivity index (χ4v) is 2.51. The molecular formula is C21H33N5O2. The lowest BCUT2D eigenvalue weighted by molar-refractivity contribution is 0.0487. The molecule has 0 aliphatic heterocycles. The molecule has 0 bridgehead atoms. The summed E-state index contributed by atoms with van der Waals surface area (Å²) < 4.78 is 11.0. The van der Waals surface area contributed by atoms with Gasteiger partial charge in [-0.2, -0.15) is 0 Å². The van der Waals surface area contributed by atoms with Crippen molar-refractivity contribution in [2.24, 2.45) is 4.99 Å². The number of rotatable bonds is 13. The molecule has 0 fully saturated rings. The minimum absolute atomic E-state index is 0.480. The van der Waals surface area contributed by atoms with Gasteiger partial charge in [-0.25, -0.2) is 9.98 Å². The molecule has 28 heavy (non-hydrogen) atoms. The molecule has 0 atom stereocenters. The van der Waals surface area contributed by atoms with Crippen molar-refractivity contribution < 1.29 is 9.47 Å². The molecule has 0 saturated heterocycles. The standard InChI is InChI=1S/C21H33N5O2/c1-3-5-12-27-14-15-28-13-11-23-21(22-4-2)25-17-20-24-16-19(26-20)18-9-7-6-8-10-18/h6-10,16H,3-5,11-15,17H2,1-2H3,(H,24,26)(H2,22,23,25). The summed E-state index contributed by atoms with van der Waals surface area (Å²) in [7, 11) is 0. The number of hydrogen-bond acceptors (Lipinski definition) is 4. The van der Waals surface area contributed by atoms with E-state index in [2.05, 4.69) is 44.7 Å². The molecule has 1 heterocycles. The SMILES string of the molecule is CCCCOCCOCCNC(=NCc1ncc(-c2ccccc2)[nH]1)NCC. The van der Waals surface area contributed by atoms with Gasteiger partial charge in [0, 0.05) is 19.7 Å². The lowest BCUT2D eigenvalue weighted by Crippen LogP contribution is -2.39. The van der Waals surface area contributed by atoms with Crippen LogP contribution in [0.25, 0.3) is 11.3 Å². The Hall–Kier alpha value is -2.38. The van der Waals surface area contributed by atoms with Crippen LogP contribution in [0.2, 0.25) is 0 Å². The Balaban J connectivity index is 1.70. The van der Waals surface area contributed by atoms with Crippen molar-refractivity contribution in [1.82, 2.24) is 20.6 Å². The van der Waals surface area contributed by atoms with Gasteiger partial charge in [0.15, 0.2) is 5.96 Å². The fraction of sp³-hybridized carbons (Fsp3) is 0.524. The first-order chi connectivity index (χ1) is 13.8. The van der Waals surface area contributed by atoms with E-state index in [1.165, 1.54) is 0 Å². The van der Waals surface area contributed by atoms with Crippen LogP contribution in [0.4, 0.5) is 0 Å². The molecule has 7 nitrogen and oxygen atoms in total. The number of H-pyrrole nitrogens is 1. The largest absolute Gasteiger partial charge is 0.379 e. The van der Waals surface area contributed by atoms with Crippen molar-refractivity contribution in [3.8, 4) is 11.3 Å². The number of unbranched alkanes of at least 4 members (excludes halogenated alkanes) is 1. The van der Waals surface area contributed by atoms with Crippen molar-refractivity contribution in [3.05, 3.63) is 42.4 Å². The first kappa shape index (κ1) is 21.9. The van der Waals surface area contributed by atoms with Gasteiger partial charge in [0.2, 0.25) is 0 Å². The number of nitrogens with one attached hydrogen (secondary N) is 3. The van der Waals surface area contributed by atoms with Gasteiger partial charge in [-0.05, 0) is 18.9 Å². The highest BCUT2D eigenvalue weighted by Gasteiger charge is 2.03. The van der Waals surface area contributed by atoms with Gasteiger partial charge < -0.3 is 25.1 Å². The van der Waals surface area contributed by atoms with Crippen LogP contribution >= 0.6 is 0 Å². The van der Waals surface area contributed by atoms with Crippen molar-refractivity contribution in [1.29, 1.82) is 0 Å². The summed E-state index contributed by atoms with van der Waals surface area (Å²) in [4.78, 5) is 12.3. The third kappa shape index (κ3) is 8.54. The fourth-order valence-electron chi connectivity index (χ4n) is 2.51. The molecule has 2 rings (SSSR count). The zero-order valence-electron chi connectivity index (χ0n) is 17.0. The summed E-state index contributed by atoms with van der Waals surface area (Å²) in [6.07, 6.45) is 4.10. The Morgan fingerprint density at radius 2 is 1.82 bits per heavy atom. The lowest BCUT2D eigenvalue weighted by atomic mass is 10.2. The first-order valence-corrected chi connectivity index (χ1v) is 10.1. The van der Waals surface area contributed by atoms with Crippen LogP contribution in [0, 0.1) is 0 Å². The molecule has 1 aromatic carbocycles. The van der Waals surface area contributed by atoms with Crippen molar-refractivity contribution in [2.75, 3.05) is 39.5 Å². The number of guanidine groups is 1. The lowest BCUT2D eigenvalue weighted by Gasteiger charge is -2.11. The van der Waals surface area contributed by atoms with Gasteiger partial charge in [-0.15, -0.1) is 0 Å². The summed E-state index contributed by atoms with van der Waals surface area (Å²) in [5.74, 6) is 1.58. The maximum absolute atomic E-state index is 5.57. The van der Waals surface area contributed by atoms with Crippen LogP contribution in [-0.4, -0.2) is 55.4 Å². The number of aliphatic imine (C=N–C) groups is 1. The van der Waals surface area contributed by atoms with Crippen LogP contribution in [0.15, 0.2) is 41.5 Å². The molecule has 3 N–H and O–H groups in total. The highest BCUT2D eigenvalue weighted by Crippen LogP contribution is 2.16. The number of ether oxygens (including phenoxy) is 2. The average molecular weight is 388 g/mol. The third-order valence-electron chi connectivity index (χ3n) is 4.00. The van der Waals surface area contributed by atoms with Gasteiger partial charge in [-0.1, -0.05) is 43.7 Å². The zero-order valence-corrected chi connectivity index (χ0v) is 17.0. The Labute approximate surface area is 168 Å². The summed E-state index contributed by atoms with van der Waals surface area (Å²) >= 11 is 0. The predicted molar refractivity (Wildman–Crippen MR) is 113 cm³/mol. The van der Waals surface area contributed by atoms with Crippen LogP contribution in [0.1, 0.15) is 32.5 Å². The molecular weight excluding hydrogens is 354 g/mol. The molecule has 0 spiro atoms. The second-order valence-corrected chi connectivity index (χ2v) is 6.31. The van der Waals surface area contributed by atoms with E-state index in [0.29, 0.717) is 32.9 Å². The topological polar surface area (TPSA) is 83.6 Å². The maximum atomic E-state index is 5.57. The summed E-state index contributed by atoms with van der Waals surface area (Å²) in [5.41, 5.74) is 2.12. The monoisotopic (exact) mass is 387 g/mol.